The zero-order valence-electron chi connectivity index (χ0n) is 47.7. The van der Waals surface area contributed by atoms with Crippen molar-refractivity contribution in [2.45, 2.75) is 147 Å². The molecule has 0 radical (unpaired) electrons. The molecule has 82 heavy (non-hydrogen) atoms. The summed E-state index contributed by atoms with van der Waals surface area (Å²) in [5.41, 5.74) is 5.02. The number of nitrogens with zero attached hydrogens (tertiary/aromatic N) is 2. The van der Waals surface area contributed by atoms with E-state index in [-0.39, 0.29) is 61.3 Å². The SMILES string of the molecule is COc1cc2cc(c1Cl)N(C)C(=O)C[C@H](OC(=O)Nc1ccc(NC(=O)[C@H](CCCNC(N)=O)NC(=O)[C@@H](NC(=O)CCCCCN3C(=O)C=CC3=O)C(C)C)c(C)c1)[C@]1(C)O[C@H]1[C@H](C)[C@@H]1C[C@@](O)(NC(=O)O1)[C@H](OC)/C=C/C=C(\C)C2. The number of unbranched alkanes of at least 4 members (excludes halogenated alkanes) is 2. The van der Waals surface area contributed by atoms with Gasteiger partial charge < -0.3 is 60.7 Å². The fraction of sp³-hybridized carbons (Fsp3) is 0.526. The average Bonchev–Trinajstić information content (AvgIpc) is 2.70. The predicted molar refractivity (Wildman–Crippen MR) is 302 cm³/mol. The number of halogens is 1. The van der Waals surface area contributed by atoms with Crippen molar-refractivity contribution in [1.82, 2.24) is 26.2 Å². The Bertz CT molecular complexity index is 2840. The lowest BCUT2D eigenvalue weighted by molar-refractivity contribution is -0.142. The van der Waals surface area contributed by atoms with E-state index in [4.69, 9.17) is 41.0 Å². The number of benzene rings is 2. The number of primary amides is 1. The van der Waals surface area contributed by atoms with Crippen molar-refractivity contribution in [1.29, 1.82) is 0 Å². The minimum atomic E-state index is -1.90. The van der Waals surface area contributed by atoms with Crippen molar-refractivity contribution in [2.24, 2.45) is 17.6 Å². The molecule has 0 aliphatic carbocycles. The number of nitrogens with two attached hydrogens (primary N) is 1. The molecule has 9 N–H and O–H groups in total. The van der Waals surface area contributed by atoms with Crippen molar-refractivity contribution in [3.63, 3.8) is 0 Å². The number of carbonyl (C=O) groups excluding carboxylic acids is 9. The first-order valence-electron chi connectivity index (χ1n) is 27.2. The van der Waals surface area contributed by atoms with Crippen molar-refractivity contribution in [2.75, 3.05) is 49.9 Å². The first-order chi connectivity index (χ1) is 38.8. The number of anilines is 3. The number of methoxy groups -OCH3 is 2. The van der Waals surface area contributed by atoms with Gasteiger partial charge >= 0.3 is 18.2 Å². The minimum absolute atomic E-state index is 0.0580. The van der Waals surface area contributed by atoms with Crippen LogP contribution in [0.4, 0.5) is 31.4 Å². The van der Waals surface area contributed by atoms with Gasteiger partial charge in [0.15, 0.2) is 5.72 Å². The topological polar surface area (TPSA) is 328 Å². The summed E-state index contributed by atoms with van der Waals surface area (Å²) in [6, 6.07) is 5.17. The molecule has 24 nitrogen and oxygen atoms in total. The number of carbonyl (C=O) groups is 9. The standard InChI is InChI=1S/C57H76ClN9O15/c1-31(2)49(64-44(68)18-11-10-12-24-67-45(69)21-22-46(67)70)52(73)63-38(16-14-23-60-53(59)74)51(72)62-37-20-19-36(26-33(37)4)61-54(75)81-43-29-47(71)66(7)39-27-35(28-40(78-8)48(39)58)25-32(3)15-13-17-42(79-9)57(77)30-41(80-55(76)65-57)34(5)50-56(43,6)82-50/h13,15,17,19-22,26-28,31,34,38,41-43,49-50,77H,10-12,14,16,18,23-25,29-30H2,1-9H3,(H,61,75)(H,62,72)(H,63,73)(H,64,68)(H,65,76)(H3,59,60,74)/b17-13+,32-15+/t34-,38+,41+,42-,43+,49+,50+,56+,57+/m1/s1. The Hall–Kier alpha value is -7.54. The van der Waals surface area contributed by atoms with Gasteiger partial charge in [-0.25, -0.2) is 14.4 Å². The molecule has 2 saturated heterocycles. The number of hydrogen-bond acceptors (Lipinski definition) is 15. The van der Waals surface area contributed by atoms with Crippen molar-refractivity contribution >= 4 is 82.3 Å². The third-order valence-corrected chi connectivity index (χ3v) is 15.4. The molecule has 0 saturated carbocycles. The fourth-order valence-corrected chi connectivity index (χ4v) is 10.5. The molecule has 2 aromatic carbocycles. The smallest absolute Gasteiger partial charge is 0.412 e. The third-order valence-electron chi connectivity index (χ3n) is 15.0. The number of hydrogen-bond donors (Lipinski definition) is 8. The van der Waals surface area contributed by atoms with Gasteiger partial charge in [-0.1, -0.05) is 62.6 Å². The van der Waals surface area contributed by atoms with Crippen LogP contribution >= 0.6 is 11.6 Å². The number of epoxide rings is 1. The van der Waals surface area contributed by atoms with Crippen LogP contribution < -0.4 is 47.3 Å². The summed E-state index contributed by atoms with van der Waals surface area (Å²) in [4.78, 5) is 120. The van der Waals surface area contributed by atoms with Crippen LogP contribution in [-0.2, 0) is 54.1 Å². The van der Waals surface area contributed by atoms with Crippen LogP contribution in [0.5, 0.6) is 5.75 Å². The van der Waals surface area contributed by atoms with Gasteiger partial charge in [0.2, 0.25) is 23.6 Å². The first-order valence-corrected chi connectivity index (χ1v) is 27.6. The molecule has 6 rings (SSSR count). The number of urea groups is 1. The highest BCUT2D eigenvalue weighted by atomic mass is 35.5. The maximum absolute atomic E-state index is 14.4. The molecule has 9 atom stereocenters. The number of nitrogens with one attached hydrogen (secondary N) is 6. The number of aliphatic hydroxyl groups is 1. The van der Waals surface area contributed by atoms with Crippen molar-refractivity contribution in [3.8, 4) is 5.75 Å². The van der Waals surface area contributed by atoms with Crippen LogP contribution in [0.2, 0.25) is 5.02 Å². The second-order valence-corrected chi connectivity index (χ2v) is 22.0. The monoisotopic (exact) mass is 1160 g/mol. The lowest BCUT2D eigenvalue weighted by atomic mass is 9.83. The number of allylic oxidation sites excluding steroid dienone is 3. The van der Waals surface area contributed by atoms with Gasteiger partial charge in [0.1, 0.15) is 46.8 Å². The summed E-state index contributed by atoms with van der Waals surface area (Å²) in [6.45, 7) is 10.8. The van der Waals surface area contributed by atoms with E-state index in [1.165, 1.54) is 50.5 Å². The number of alkyl carbamates (subject to hydrolysis) is 1. The summed E-state index contributed by atoms with van der Waals surface area (Å²) >= 11 is 6.84. The molecule has 0 spiro atoms. The van der Waals surface area contributed by atoms with Gasteiger partial charge in [-0.2, -0.15) is 0 Å². The first kappa shape index (κ1) is 63.6. The Morgan fingerprint density at radius 2 is 1.68 bits per heavy atom. The van der Waals surface area contributed by atoms with E-state index >= 15 is 0 Å². The van der Waals surface area contributed by atoms with E-state index < -0.39 is 108 Å². The summed E-state index contributed by atoms with van der Waals surface area (Å²) in [7, 11) is 4.40. The maximum atomic E-state index is 14.4. The molecule has 25 heteroatoms. The number of rotatable bonds is 20. The van der Waals surface area contributed by atoms with E-state index in [9.17, 15) is 48.3 Å². The molecule has 4 aliphatic rings. The minimum Gasteiger partial charge on any atom is -0.495 e. The predicted octanol–water partition coefficient (Wildman–Crippen LogP) is 5.18. The molecule has 4 aliphatic heterocycles. The highest BCUT2D eigenvalue weighted by molar-refractivity contribution is 6.35. The zero-order valence-corrected chi connectivity index (χ0v) is 48.4. The molecular weight excluding hydrogens is 1090 g/mol. The molecule has 2 aromatic rings. The molecule has 446 valence electrons. The summed E-state index contributed by atoms with van der Waals surface area (Å²) in [6.07, 6.45) is 3.52. The van der Waals surface area contributed by atoms with E-state index in [0.29, 0.717) is 48.4 Å². The van der Waals surface area contributed by atoms with Gasteiger partial charge in [0.25, 0.3) is 11.8 Å². The third kappa shape index (κ3) is 16.3. The Labute approximate surface area is 481 Å². The second-order valence-electron chi connectivity index (χ2n) is 21.6. The van der Waals surface area contributed by atoms with Crippen LogP contribution in [0.25, 0.3) is 0 Å². The number of ether oxygens (including phenoxy) is 5. The number of fused-ring (bicyclic) bond motifs is 5. The van der Waals surface area contributed by atoms with Gasteiger partial charge in [-0.15, -0.1) is 0 Å². The molecule has 2 fully saturated rings. The molecule has 0 aromatic heterocycles. The Kier molecular flexibility index (Phi) is 21.7. The highest BCUT2D eigenvalue weighted by Gasteiger charge is 2.64. The summed E-state index contributed by atoms with van der Waals surface area (Å²) in [5.74, 6) is -3.59. The molecule has 10 amide bonds. The van der Waals surface area contributed by atoms with Crippen LogP contribution in [0.15, 0.2) is 66.3 Å². The Morgan fingerprint density at radius 1 is 0.963 bits per heavy atom. The van der Waals surface area contributed by atoms with E-state index in [2.05, 4.69) is 31.9 Å². The Morgan fingerprint density at radius 3 is 2.34 bits per heavy atom. The second kappa shape index (κ2) is 28.0. The number of amides is 10. The average molecular weight is 1160 g/mol. The quantitative estimate of drug-likeness (QED) is 0.0481. The van der Waals surface area contributed by atoms with Crippen LogP contribution in [0.3, 0.4) is 0 Å². The number of imide groups is 1. The lowest BCUT2D eigenvalue weighted by Gasteiger charge is -2.42. The normalized spacial score (nSPS) is 25.3. The lowest BCUT2D eigenvalue weighted by Crippen LogP contribution is -2.63. The van der Waals surface area contributed by atoms with E-state index in [1.807, 2.05) is 13.0 Å². The molecular formula is C57H76ClN9O15. The van der Waals surface area contributed by atoms with Gasteiger partial charge in [-0.3, -0.25) is 44.3 Å². The maximum Gasteiger partial charge on any atom is 0.412 e. The van der Waals surface area contributed by atoms with Gasteiger partial charge in [0, 0.05) is 69.5 Å². The Balaban J connectivity index is 1.16. The van der Waals surface area contributed by atoms with Crippen LogP contribution in [-0.4, -0.2) is 146 Å². The fourth-order valence-electron chi connectivity index (χ4n) is 10.2. The van der Waals surface area contributed by atoms with E-state index in [0.717, 1.165) is 16.0 Å². The van der Waals surface area contributed by atoms with Crippen molar-refractivity contribution < 1.29 is 71.9 Å². The van der Waals surface area contributed by atoms with Crippen LogP contribution in [0, 0.1) is 18.8 Å². The van der Waals surface area contributed by atoms with Gasteiger partial charge in [0.05, 0.1) is 25.3 Å². The van der Waals surface area contributed by atoms with Gasteiger partial charge in [-0.05, 0) is 100 Å². The molecule has 4 heterocycles. The number of aryl methyl sites for hydroxylation is 1. The van der Waals surface area contributed by atoms with Crippen LogP contribution in [0.1, 0.15) is 97.1 Å². The largest absolute Gasteiger partial charge is 0.495 e. The summed E-state index contributed by atoms with van der Waals surface area (Å²) in [5, 5.41) is 28.1. The zero-order chi connectivity index (χ0) is 60.2. The van der Waals surface area contributed by atoms with E-state index in [1.54, 1.807) is 65.0 Å². The molecule has 0 unspecified atom stereocenters. The molecule has 4 bridgehead atoms. The summed E-state index contributed by atoms with van der Waals surface area (Å²) < 4.78 is 29.4. The van der Waals surface area contributed by atoms with Crippen molar-refractivity contribution in [3.05, 3.63) is 82.4 Å². The highest BCUT2D eigenvalue weighted by Crippen LogP contribution is 2.49.